The maximum absolute atomic E-state index is 12.1. The summed E-state index contributed by atoms with van der Waals surface area (Å²) in [5, 5.41) is 2.80. The van der Waals surface area contributed by atoms with E-state index in [4.69, 9.17) is 0 Å². The molecular weight excluding hydrogens is 276 g/mol. The van der Waals surface area contributed by atoms with Crippen molar-refractivity contribution >= 4 is 5.91 Å². The molecule has 0 spiro atoms. The molecule has 0 aliphatic rings. The number of aromatic amines is 1. The lowest BCUT2D eigenvalue weighted by molar-refractivity contribution is 0.0951. The van der Waals surface area contributed by atoms with E-state index in [9.17, 15) is 9.59 Å². The van der Waals surface area contributed by atoms with Gasteiger partial charge in [-0.3, -0.25) is 9.59 Å². The predicted molar refractivity (Wildman–Crippen MR) is 89.0 cm³/mol. The zero-order valence-corrected chi connectivity index (χ0v) is 12.9. The summed E-state index contributed by atoms with van der Waals surface area (Å²) >= 11 is 0. The first-order valence-corrected chi connectivity index (χ1v) is 7.79. The largest absolute Gasteiger partial charge is 0.352 e. The van der Waals surface area contributed by atoms with Crippen molar-refractivity contribution in [1.82, 2.24) is 10.3 Å². The number of carbonyl (C=O) groups is 1. The van der Waals surface area contributed by atoms with Crippen molar-refractivity contribution < 1.29 is 4.79 Å². The van der Waals surface area contributed by atoms with Gasteiger partial charge in [0.15, 0.2) is 0 Å². The number of hydrogen-bond acceptors (Lipinski definition) is 2. The summed E-state index contributed by atoms with van der Waals surface area (Å²) in [5.74, 6) is -0.308. The van der Waals surface area contributed by atoms with E-state index in [0.29, 0.717) is 12.2 Å². The van der Waals surface area contributed by atoms with Crippen LogP contribution >= 0.6 is 0 Å². The second-order valence-corrected chi connectivity index (χ2v) is 5.30. The number of aromatic nitrogens is 1. The molecule has 0 aliphatic heterocycles. The number of pyridine rings is 1. The standard InChI is InChI=1S/C18H22N2O2/c1-2-3-4-8-13-19-17(21)15-11-12-16(20-18(15)22)14-9-6-5-7-10-14/h5-7,9-12H,2-4,8,13H2,1H3,(H,19,21)(H,20,22). The van der Waals surface area contributed by atoms with Gasteiger partial charge in [0.05, 0.1) is 0 Å². The van der Waals surface area contributed by atoms with Gasteiger partial charge in [0.1, 0.15) is 5.56 Å². The maximum Gasteiger partial charge on any atom is 0.261 e. The molecule has 2 N–H and O–H groups in total. The highest BCUT2D eigenvalue weighted by Gasteiger charge is 2.10. The fourth-order valence-electron chi connectivity index (χ4n) is 2.29. The molecule has 0 radical (unpaired) electrons. The van der Waals surface area contributed by atoms with E-state index >= 15 is 0 Å². The van der Waals surface area contributed by atoms with Gasteiger partial charge in [-0.1, -0.05) is 56.5 Å². The number of hydrogen-bond donors (Lipinski definition) is 2. The van der Waals surface area contributed by atoms with Gasteiger partial charge in [0.25, 0.3) is 11.5 Å². The van der Waals surface area contributed by atoms with Gasteiger partial charge in [-0.05, 0) is 24.1 Å². The first-order chi connectivity index (χ1) is 10.7. The Morgan fingerprint density at radius 2 is 1.82 bits per heavy atom. The molecule has 116 valence electrons. The van der Waals surface area contributed by atoms with Crippen LogP contribution in [0.25, 0.3) is 11.3 Å². The van der Waals surface area contributed by atoms with E-state index in [0.717, 1.165) is 24.8 Å². The van der Waals surface area contributed by atoms with Gasteiger partial charge < -0.3 is 10.3 Å². The third-order valence-corrected chi connectivity index (χ3v) is 3.55. The van der Waals surface area contributed by atoms with Crippen LogP contribution in [0.2, 0.25) is 0 Å². The van der Waals surface area contributed by atoms with Crippen molar-refractivity contribution in [1.29, 1.82) is 0 Å². The van der Waals surface area contributed by atoms with Crippen LogP contribution in [0.3, 0.4) is 0 Å². The molecule has 0 saturated heterocycles. The van der Waals surface area contributed by atoms with Crippen molar-refractivity contribution in [3.05, 3.63) is 58.4 Å². The van der Waals surface area contributed by atoms with Crippen molar-refractivity contribution in [2.24, 2.45) is 0 Å². The first-order valence-electron chi connectivity index (χ1n) is 7.79. The summed E-state index contributed by atoms with van der Waals surface area (Å²) in [5.41, 5.74) is 1.44. The minimum absolute atomic E-state index is 0.162. The molecule has 2 aromatic rings. The Hall–Kier alpha value is -2.36. The Labute approximate surface area is 130 Å². The lowest BCUT2D eigenvalue weighted by atomic mass is 10.1. The van der Waals surface area contributed by atoms with Crippen LogP contribution in [-0.2, 0) is 0 Å². The smallest absolute Gasteiger partial charge is 0.261 e. The van der Waals surface area contributed by atoms with Crippen molar-refractivity contribution in [3.8, 4) is 11.3 Å². The molecule has 1 aromatic carbocycles. The van der Waals surface area contributed by atoms with Crippen LogP contribution in [0.15, 0.2) is 47.3 Å². The number of H-pyrrole nitrogens is 1. The zero-order valence-electron chi connectivity index (χ0n) is 12.9. The van der Waals surface area contributed by atoms with E-state index in [1.54, 1.807) is 12.1 Å². The second-order valence-electron chi connectivity index (χ2n) is 5.30. The van der Waals surface area contributed by atoms with Crippen molar-refractivity contribution in [2.75, 3.05) is 6.54 Å². The van der Waals surface area contributed by atoms with E-state index in [-0.39, 0.29) is 17.0 Å². The highest BCUT2D eigenvalue weighted by molar-refractivity contribution is 5.94. The Balaban J connectivity index is 2.01. The molecule has 1 aromatic heterocycles. The van der Waals surface area contributed by atoms with Crippen LogP contribution in [0, 0.1) is 0 Å². The number of benzene rings is 1. The van der Waals surface area contributed by atoms with Gasteiger partial charge >= 0.3 is 0 Å². The molecule has 0 unspecified atom stereocenters. The fraction of sp³-hybridized carbons (Fsp3) is 0.333. The SMILES string of the molecule is CCCCCCNC(=O)c1ccc(-c2ccccc2)[nH]c1=O. The molecule has 0 atom stereocenters. The van der Waals surface area contributed by atoms with E-state index in [2.05, 4.69) is 17.2 Å². The summed E-state index contributed by atoms with van der Waals surface area (Å²) in [6.45, 7) is 2.76. The van der Waals surface area contributed by atoms with Crippen molar-refractivity contribution in [3.63, 3.8) is 0 Å². The van der Waals surface area contributed by atoms with Gasteiger partial charge in [-0.15, -0.1) is 0 Å². The highest BCUT2D eigenvalue weighted by Crippen LogP contribution is 2.14. The van der Waals surface area contributed by atoms with Crippen LogP contribution < -0.4 is 10.9 Å². The Kier molecular flexibility index (Phi) is 5.95. The number of rotatable bonds is 7. The van der Waals surface area contributed by atoms with Crippen LogP contribution in [0.4, 0.5) is 0 Å². The van der Waals surface area contributed by atoms with E-state index in [1.165, 1.54) is 6.42 Å². The van der Waals surface area contributed by atoms with E-state index < -0.39 is 0 Å². The number of amides is 1. The lowest BCUT2D eigenvalue weighted by Crippen LogP contribution is -2.30. The Morgan fingerprint density at radius 3 is 2.50 bits per heavy atom. The number of unbranched alkanes of at least 4 members (excludes halogenated alkanes) is 3. The monoisotopic (exact) mass is 298 g/mol. The average Bonchev–Trinajstić information content (AvgIpc) is 2.55. The zero-order chi connectivity index (χ0) is 15.8. The Bertz CT molecular complexity index is 662. The van der Waals surface area contributed by atoms with Crippen LogP contribution in [0.5, 0.6) is 0 Å². The third kappa shape index (κ3) is 4.32. The molecule has 1 heterocycles. The quantitative estimate of drug-likeness (QED) is 0.770. The summed E-state index contributed by atoms with van der Waals surface area (Å²) in [6.07, 6.45) is 4.37. The summed E-state index contributed by atoms with van der Waals surface area (Å²) < 4.78 is 0. The highest BCUT2D eigenvalue weighted by atomic mass is 16.2. The molecular formula is C18H22N2O2. The molecule has 4 heteroatoms. The van der Waals surface area contributed by atoms with Crippen LogP contribution in [-0.4, -0.2) is 17.4 Å². The van der Waals surface area contributed by atoms with Crippen LogP contribution in [0.1, 0.15) is 43.0 Å². The van der Waals surface area contributed by atoms with Gasteiger partial charge in [-0.25, -0.2) is 0 Å². The van der Waals surface area contributed by atoms with Gasteiger partial charge in [0.2, 0.25) is 0 Å². The summed E-state index contributed by atoms with van der Waals surface area (Å²) in [7, 11) is 0. The molecule has 1 amide bonds. The molecule has 4 nitrogen and oxygen atoms in total. The number of nitrogens with one attached hydrogen (secondary N) is 2. The first kappa shape index (κ1) is 16.0. The molecule has 0 fully saturated rings. The molecule has 0 bridgehead atoms. The summed E-state index contributed by atoms with van der Waals surface area (Å²) in [6, 6.07) is 12.9. The Morgan fingerprint density at radius 1 is 1.05 bits per heavy atom. The lowest BCUT2D eigenvalue weighted by Gasteiger charge is -2.06. The summed E-state index contributed by atoms with van der Waals surface area (Å²) in [4.78, 5) is 26.9. The topological polar surface area (TPSA) is 62.0 Å². The van der Waals surface area contributed by atoms with E-state index in [1.807, 2.05) is 30.3 Å². The van der Waals surface area contributed by atoms with Gasteiger partial charge in [-0.2, -0.15) is 0 Å². The fourth-order valence-corrected chi connectivity index (χ4v) is 2.29. The second kappa shape index (κ2) is 8.17. The molecule has 2 rings (SSSR count). The molecule has 0 saturated carbocycles. The maximum atomic E-state index is 12.1. The minimum atomic E-state index is -0.354. The molecule has 0 aliphatic carbocycles. The predicted octanol–water partition coefficient (Wildman–Crippen LogP) is 3.35. The molecule has 22 heavy (non-hydrogen) atoms. The van der Waals surface area contributed by atoms with Gasteiger partial charge in [0, 0.05) is 12.2 Å². The third-order valence-electron chi connectivity index (χ3n) is 3.55. The normalized spacial score (nSPS) is 10.4. The minimum Gasteiger partial charge on any atom is -0.352 e. The average molecular weight is 298 g/mol. The number of carbonyl (C=O) groups excluding carboxylic acids is 1. The van der Waals surface area contributed by atoms with Crippen molar-refractivity contribution in [2.45, 2.75) is 32.6 Å².